The van der Waals surface area contributed by atoms with E-state index in [9.17, 15) is 0 Å². The zero-order valence-corrected chi connectivity index (χ0v) is 10.8. The molecule has 1 aromatic heterocycles. The monoisotopic (exact) mass is 259 g/mol. The van der Waals surface area contributed by atoms with Crippen LogP contribution in [0.15, 0.2) is 66.7 Å². The van der Waals surface area contributed by atoms with Gasteiger partial charge in [-0.15, -0.1) is 0 Å². The van der Waals surface area contributed by atoms with Gasteiger partial charge in [0.2, 0.25) is 5.95 Å². The van der Waals surface area contributed by atoms with Crippen LogP contribution in [0.3, 0.4) is 0 Å². The zero-order valence-electron chi connectivity index (χ0n) is 10.8. The Labute approximate surface area is 116 Å². The van der Waals surface area contributed by atoms with Crippen LogP contribution in [0.1, 0.15) is 0 Å². The summed E-state index contributed by atoms with van der Waals surface area (Å²) < 4.78 is 2.01. The summed E-state index contributed by atoms with van der Waals surface area (Å²) in [6.45, 7) is 0. The van der Waals surface area contributed by atoms with Crippen molar-refractivity contribution in [3.8, 4) is 5.69 Å². The molecular weight excluding hydrogens is 246 g/mol. The lowest BCUT2D eigenvalue weighted by molar-refractivity contribution is 1.11. The molecule has 96 valence electrons. The number of anilines is 1. The molecule has 3 aromatic carbocycles. The molecule has 0 aliphatic carbocycles. The molecule has 0 saturated heterocycles. The Balaban J connectivity index is 2.20. The molecule has 20 heavy (non-hydrogen) atoms. The van der Waals surface area contributed by atoms with Gasteiger partial charge in [-0.2, -0.15) is 0 Å². The molecule has 0 atom stereocenters. The van der Waals surface area contributed by atoms with Gasteiger partial charge in [0, 0.05) is 11.1 Å². The van der Waals surface area contributed by atoms with Crippen molar-refractivity contribution in [1.29, 1.82) is 0 Å². The number of hydrogen-bond donors (Lipinski definition) is 1. The third-order valence-electron chi connectivity index (χ3n) is 3.58. The third kappa shape index (κ3) is 1.50. The Morgan fingerprint density at radius 1 is 0.800 bits per heavy atom. The first-order valence-electron chi connectivity index (χ1n) is 6.56. The second-order valence-electron chi connectivity index (χ2n) is 4.80. The predicted octanol–water partition coefficient (Wildman–Crippen LogP) is 3.76. The molecule has 0 aliphatic heterocycles. The molecule has 0 fully saturated rings. The molecule has 4 rings (SSSR count). The maximum atomic E-state index is 6.13. The molecule has 1 heterocycles. The van der Waals surface area contributed by atoms with Gasteiger partial charge in [0.1, 0.15) is 0 Å². The number of fused-ring (bicyclic) bond motifs is 3. The Morgan fingerprint density at radius 2 is 1.55 bits per heavy atom. The van der Waals surface area contributed by atoms with Crippen LogP contribution in [0, 0.1) is 0 Å². The van der Waals surface area contributed by atoms with E-state index < -0.39 is 0 Å². The zero-order chi connectivity index (χ0) is 13.5. The topological polar surface area (TPSA) is 43.8 Å². The molecule has 4 aromatic rings. The summed E-state index contributed by atoms with van der Waals surface area (Å²) >= 11 is 0. The molecule has 0 bridgehead atoms. The Bertz CT molecular complexity index is 907. The Hall–Kier alpha value is -2.81. The smallest absolute Gasteiger partial charge is 0.205 e. The van der Waals surface area contributed by atoms with E-state index in [1.165, 1.54) is 5.39 Å². The molecular formula is C17H13N3. The minimum atomic E-state index is 0.516. The van der Waals surface area contributed by atoms with Crippen molar-refractivity contribution in [2.45, 2.75) is 0 Å². The quantitative estimate of drug-likeness (QED) is 0.565. The lowest BCUT2D eigenvalue weighted by atomic mass is 10.1. The Morgan fingerprint density at radius 3 is 2.40 bits per heavy atom. The minimum Gasteiger partial charge on any atom is -0.369 e. The van der Waals surface area contributed by atoms with Crippen molar-refractivity contribution in [2.75, 3.05) is 5.73 Å². The fourth-order valence-corrected chi connectivity index (χ4v) is 2.70. The average molecular weight is 259 g/mol. The highest BCUT2D eigenvalue weighted by atomic mass is 15.2. The fourth-order valence-electron chi connectivity index (χ4n) is 2.70. The summed E-state index contributed by atoms with van der Waals surface area (Å²) in [6.07, 6.45) is 0. The van der Waals surface area contributed by atoms with Crippen molar-refractivity contribution in [3.63, 3.8) is 0 Å². The van der Waals surface area contributed by atoms with Gasteiger partial charge in [0.15, 0.2) is 0 Å². The normalized spacial score (nSPS) is 11.2. The van der Waals surface area contributed by atoms with Gasteiger partial charge in [-0.1, -0.05) is 48.5 Å². The highest BCUT2D eigenvalue weighted by molar-refractivity contribution is 6.06. The van der Waals surface area contributed by atoms with Crippen molar-refractivity contribution < 1.29 is 0 Å². The fraction of sp³-hybridized carbons (Fsp3) is 0. The van der Waals surface area contributed by atoms with Crippen LogP contribution in [0.25, 0.3) is 27.5 Å². The number of para-hydroxylation sites is 1. The van der Waals surface area contributed by atoms with E-state index in [0.29, 0.717) is 5.95 Å². The first-order chi connectivity index (χ1) is 9.84. The van der Waals surface area contributed by atoms with E-state index in [0.717, 1.165) is 22.1 Å². The highest BCUT2D eigenvalue weighted by Crippen LogP contribution is 2.29. The van der Waals surface area contributed by atoms with E-state index in [1.807, 2.05) is 53.1 Å². The summed E-state index contributed by atoms with van der Waals surface area (Å²) in [7, 11) is 0. The standard InChI is InChI=1S/C17H13N3/c18-17-19-15-11-10-12-6-4-5-9-14(12)16(15)20(17)13-7-2-1-3-8-13/h1-11H,(H2,18,19). The van der Waals surface area contributed by atoms with Gasteiger partial charge in [0.25, 0.3) is 0 Å². The van der Waals surface area contributed by atoms with E-state index in [1.54, 1.807) is 0 Å². The van der Waals surface area contributed by atoms with Crippen LogP contribution < -0.4 is 5.73 Å². The van der Waals surface area contributed by atoms with Gasteiger partial charge >= 0.3 is 0 Å². The number of aromatic nitrogens is 2. The summed E-state index contributed by atoms with van der Waals surface area (Å²) in [6, 6.07) is 22.5. The molecule has 0 radical (unpaired) electrons. The lowest BCUT2D eigenvalue weighted by Crippen LogP contribution is -2.00. The maximum absolute atomic E-state index is 6.13. The second kappa shape index (κ2) is 4.10. The lowest BCUT2D eigenvalue weighted by Gasteiger charge is -2.08. The summed E-state index contributed by atoms with van der Waals surface area (Å²) in [5.74, 6) is 0.516. The van der Waals surface area contributed by atoms with Crippen molar-refractivity contribution in [1.82, 2.24) is 9.55 Å². The highest BCUT2D eigenvalue weighted by Gasteiger charge is 2.12. The molecule has 3 nitrogen and oxygen atoms in total. The van der Waals surface area contributed by atoms with Gasteiger partial charge in [-0.05, 0) is 23.6 Å². The van der Waals surface area contributed by atoms with Gasteiger partial charge in [-0.25, -0.2) is 4.98 Å². The molecule has 0 unspecified atom stereocenters. The SMILES string of the molecule is Nc1nc2ccc3ccccc3c2n1-c1ccccc1. The number of nitrogens with two attached hydrogens (primary N) is 1. The number of benzene rings is 3. The van der Waals surface area contributed by atoms with Crippen molar-refractivity contribution in [3.05, 3.63) is 66.7 Å². The van der Waals surface area contributed by atoms with Crippen LogP contribution in [-0.2, 0) is 0 Å². The molecule has 2 N–H and O–H groups in total. The Kier molecular flexibility index (Phi) is 2.27. The molecule has 0 saturated carbocycles. The van der Waals surface area contributed by atoms with Gasteiger partial charge < -0.3 is 5.73 Å². The number of nitrogens with zero attached hydrogens (tertiary/aromatic N) is 2. The first-order valence-corrected chi connectivity index (χ1v) is 6.56. The third-order valence-corrected chi connectivity index (χ3v) is 3.58. The van der Waals surface area contributed by atoms with E-state index in [4.69, 9.17) is 5.73 Å². The number of rotatable bonds is 1. The van der Waals surface area contributed by atoms with E-state index in [2.05, 4.69) is 23.2 Å². The maximum Gasteiger partial charge on any atom is 0.205 e. The van der Waals surface area contributed by atoms with Crippen LogP contribution in [0.4, 0.5) is 5.95 Å². The minimum absolute atomic E-state index is 0.516. The van der Waals surface area contributed by atoms with E-state index >= 15 is 0 Å². The van der Waals surface area contributed by atoms with E-state index in [-0.39, 0.29) is 0 Å². The van der Waals surface area contributed by atoms with Crippen molar-refractivity contribution in [2.24, 2.45) is 0 Å². The first kappa shape index (κ1) is 11.1. The van der Waals surface area contributed by atoms with Crippen LogP contribution in [0.5, 0.6) is 0 Å². The van der Waals surface area contributed by atoms with Gasteiger partial charge in [0.05, 0.1) is 11.0 Å². The van der Waals surface area contributed by atoms with Crippen molar-refractivity contribution >= 4 is 27.8 Å². The number of hydrogen-bond acceptors (Lipinski definition) is 2. The molecule has 3 heteroatoms. The summed E-state index contributed by atoms with van der Waals surface area (Å²) in [5.41, 5.74) is 9.14. The molecule has 0 amide bonds. The number of imidazole rings is 1. The summed E-state index contributed by atoms with van der Waals surface area (Å²) in [5, 5.41) is 2.36. The molecule has 0 spiro atoms. The largest absolute Gasteiger partial charge is 0.369 e. The average Bonchev–Trinajstić information content (AvgIpc) is 2.84. The second-order valence-corrected chi connectivity index (χ2v) is 4.80. The predicted molar refractivity (Wildman–Crippen MR) is 83.0 cm³/mol. The molecule has 0 aliphatic rings. The number of nitrogen functional groups attached to an aromatic ring is 1. The van der Waals surface area contributed by atoms with Crippen LogP contribution >= 0.6 is 0 Å². The van der Waals surface area contributed by atoms with Crippen LogP contribution in [-0.4, -0.2) is 9.55 Å². The van der Waals surface area contributed by atoms with Gasteiger partial charge in [-0.3, -0.25) is 4.57 Å². The summed E-state index contributed by atoms with van der Waals surface area (Å²) in [4.78, 5) is 4.48. The van der Waals surface area contributed by atoms with Crippen LogP contribution in [0.2, 0.25) is 0 Å².